The lowest BCUT2D eigenvalue weighted by molar-refractivity contribution is 0.00578. The summed E-state index contributed by atoms with van der Waals surface area (Å²) in [7, 11) is -0.824. The van der Waals surface area contributed by atoms with Gasteiger partial charge in [-0.1, -0.05) is 6.08 Å². The maximum atomic E-state index is 13.4. The predicted molar refractivity (Wildman–Crippen MR) is 84.5 cm³/mol. The van der Waals surface area contributed by atoms with E-state index in [1.807, 2.05) is 27.7 Å². The first-order valence-electron chi connectivity index (χ1n) is 7.27. The van der Waals surface area contributed by atoms with Crippen LogP contribution in [0.4, 0.5) is 4.39 Å². The average molecular weight is 322 g/mol. The van der Waals surface area contributed by atoms with Crippen LogP contribution in [-0.2, 0) is 9.31 Å². The van der Waals surface area contributed by atoms with E-state index >= 15 is 0 Å². The molecule has 7 heteroatoms. The number of hydrogen-bond acceptors (Lipinski definition) is 4. The predicted octanol–water partition coefficient (Wildman–Crippen LogP) is 2.53. The van der Waals surface area contributed by atoms with Gasteiger partial charge in [0.25, 0.3) is 0 Å². The van der Waals surface area contributed by atoms with Crippen LogP contribution in [0.3, 0.4) is 0 Å². The zero-order chi connectivity index (χ0) is 17.4. The first-order chi connectivity index (χ1) is 10.6. The standard InChI is InChI=1S/C16H20BFO5/c1-15(2)16(3,4)23-17(22-15)11(9-19)7-10-8-12(18)5-6-13(10)14(20)21/h5-8,19H,9H2,1-4H3,(H,20,21). The Kier molecular flexibility index (Phi) is 4.66. The van der Waals surface area contributed by atoms with Crippen LogP contribution in [0.2, 0.25) is 0 Å². The molecule has 0 radical (unpaired) electrons. The molecule has 0 aromatic heterocycles. The number of aromatic carboxylic acids is 1. The molecule has 0 spiro atoms. The van der Waals surface area contributed by atoms with E-state index in [2.05, 4.69) is 0 Å². The van der Waals surface area contributed by atoms with E-state index in [9.17, 15) is 19.4 Å². The third-order valence-corrected chi connectivity index (χ3v) is 4.32. The molecular formula is C16H20BFO5. The fraction of sp³-hybridized carbons (Fsp3) is 0.438. The molecule has 1 aliphatic heterocycles. The minimum absolute atomic E-state index is 0.0612. The van der Waals surface area contributed by atoms with Crippen LogP contribution in [0.15, 0.2) is 23.7 Å². The van der Waals surface area contributed by atoms with Crippen molar-refractivity contribution in [3.8, 4) is 0 Å². The van der Waals surface area contributed by atoms with E-state index in [0.717, 1.165) is 12.1 Å². The molecule has 2 rings (SSSR count). The highest BCUT2D eigenvalue weighted by Crippen LogP contribution is 2.38. The molecule has 23 heavy (non-hydrogen) atoms. The fourth-order valence-corrected chi connectivity index (χ4v) is 2.23. The monoisotopic (exact) mass is 322 g/mol. The Morgan fingerprint density at radius 3 is 2.30 bits per heavy atom. The Hall–Kier alpha value is -1.70. The van der Waals surface area contributed by atoms with Gasteiger partial charge in [-0.2, -0.15) is 0 Å². The highest BCUT2D eigenvalue weighted by molar-refractivity contribution is 6.55. The lowest BCUT2D eigenvalue weighted by Crippen LogP contribution is -2.41. The van der Waals surface area contributed by atoms with Crippen molar-refractivity contribution < 1.29 is 28.7 Å². The van der Waals surface area contributed by atoms with Crippen molar-refractivity contribution in [2.24, 2.45) is 0 Å². The van der Waals surface area contributed by atoms with Crippen LogP contribution in [0.1, 0.15) is 43.6 Å². The summed E-state index contributed by atoms with van der Waals surface area (Å²) < 4.78 is 25.1. The molecule has 5 nitrogen and oxygen atoms in total. The summed E-state index contributed by atoms with van der Waals surface area (Å²) in [4.78, 5) is 11.3. The van der Waals surface area contributed by atoms with Crippen molar-refractivity contribution in [3.63, 3.8) is 0 Å². The van der Waals surface area contributed by atoms with Crippen LogP contribution in [0, 0.1) is 5.82 Å². The van der Waals surface area contributed by atoms with Gasteiger partial charge in [-0.25, -0.2) is 9.18 Å². The molecule has 1 fully saturated rings. The van der Waals surface area contributed by atoms with Gasteiger partial charge in [0.2, 0.25) is 0 Å². The van der Waals surface area contributed by atoms with Crippen molar-refractivity contribution >= 4 is 19.2 Å². The van der Waals surface area contributed by atoms with Gasteiger partial charge in [0.1, 0.15) is 5.82 Å². The van der Waals surface area contributed by atoms with E-state index < -0.39 is 36.7 Å². The minimum Gasteiger partial charge on any atom is -0.478 e. The number of carbonyl (C=O) groups is 1. The Morgan fingerprint density at radius 2 is 1.83 bits per heavy atom. The zero-order valence-electron chi connectivity index (χ0n) is 13.6. The largest absolute Gasteiger partial charge is 0.492 e. The minimum atomic E-state index is -1.18. The third-order valence-electron chi connectivity index (χ3n) is 4.32. The number of carboxylic acid groups (broad SMARTS) is 1. The fourth-order valence-electron chi connectivity index (χ4n) is 2.23. The molecule has 0 saturated carbocycles. The van der Waals surface area contributed by atoms with Gasteiger partial charge in [-0.15, -0.1) is 0 Å². The first-order valence-corrected chi connectivity index (χ1v) is 7.27. The van der Waals surface area contributed by atoms with Crippen molar-refractivity contribution in [1.29, 1.82) is 0 Å². The van der Waals surface area contributed by atoms with E-state index in [0.29, 0.717) is 5.47 Å². The number of rotatable bonds is 4. The van der Waals surface area contributed by atoms with Crippen molar-refractivity contribution in [2.45, 2.75) is 38.9 Å². The highest BCUT2D eigenvalue weighted by Gasteiger charge is 2.52. The Bertz CT molecular complexity index is 638. The summed E-state index contributed by atoms with van der Waals surface area (Å²) in [6, 6.07) is 3.36. The van der Waals surface area contributed by atoms with Gasteiger partial charge < -0.3 is 19.5 Å². The lowest BCUT2D eigenvalue weighted by Gasteiger charge is -2.32. The van der Waals surface area contributed by atoms with Crippen molar-refractivity contribution in [3.05, 3.63) is 40.6 Å². The normalized spacial score (nSPS) is 19.9. The highest BCUT2D eigenvalue weighted by atomic mass is 19.1. The SMILES string of the molecule is CC1(C)OB(C(=Cc2cc(F)ccc2C(=O)O)CO)OC1(C)C. The molecule has 1 saturated heterocycles. The summed E-state index contributed by atoms with van der Waals surface area (Å²) in [5.74, 6) is -1.74. The second kappa shape index (κ2) is 6.07. The number of aliphatic hydroxyl groups excluding tert-OH is 1. The molecule has 0 atom stereocenters. The quantitative estimate of drug-likeness (QED) is 0.833. The summed E-state index contributed by atoms with van der Waals surface area (Å²) in [6.07, 6.45) is 1.40. The van der Waals surface area contributed by atoms with Gasteiger partial charge in [0.15, 0.2) is 0 Å². The summed E-state index contributed by atoms with van der Waals surface area (Å²) in [6.45, 7) is 7.08. The number of carboxylic acids is 1. The molecule has 1 heterocycles. The van der Waals surface area contributed by atoms with Crippen LogP contribution in [-0.4, -0.2) is 41.1 Å². The number of benzene rings is 1. The number of hydrogen-bond donors (Lipinski definition) is 2. The first kappa shape index (κ1) is 17.7. The molecule has 1 aliphatic rings. The van der Waals surface area contributed by atoms with E-state index in [1.54, 1.807) is 0 Å². The van der Waals surface area contributed by atoms with Gasteiger partial charge in [0.05, 0.1) is 23.4 Å². The van der Waals surface area contributed by atoms with Crippen LogP contribution < -0.4 is 0 Å². The number of aliphatic hydroxyl groups is 1. The zero-order valence-corrected chi connectivity index (χ0v) is 13.6. The van der Waals surface area contributed by atoms with Crippen LogP contribution in [0.25, 0.3) is 6.08 Å². The molecule has 124 valence electrons. The number of halogens is 1. The maximum absolute atomic E-state index is 13.4. The maximum Gasteiger partial charge on any atom is 0.492 e. The van der Waals surface area contributed by atoms with Gasteiger partial charge in [-0.05, 0) is 56.9 Å². The Morgan fingerprint density at radius 1 is 1.26 bits per heavy atom. The topological polar surface area (TPSA) is 76.0 Å². The summed E-state index contributed by atoms with van der Waals surface area (Å²) >= 11 is 0. The second-order valence-corrected chi connectivity index (χ2v) is 6.50. The van der Waals surface area contributed by atoms with Gasteiger partial charge in [-0.3, -0.25) is 0 Å². The van der Waals surface area contributed by atoms with E-state index in [-0.39, 0.29) is 11.1 Å². The molecule has 0 aliphatic carbocycles. The van der Waals surface area contributed by atoms with E-state index in [4.69, 9.17) is 9.31 Å². The third kappa shape index (κ3) is 3.47. The van der Waals surface area contributed by atoms with Gasteiger partial charge in [0, 0.05) is 0 Å². The molecule has 1 aromatic rings. The molecular weight excluding hydrogens is 302 g/mol. The van der Waals surface area contributed by atoms with Gasteiger partial charge >= 0.3 is 13.1 Å². The summed E-state index contributed by atoms with van der Waals surface area (Å²) in [5, 5.41) is 18.8. The summed E-state index contributed by atoms with van der Waals surface area (Å²) in [5.41, 5.74) is -0.769. The molecule has 0 unspecified atom stereocenters. The van der Waals surface area contributed by atoms with Crippen molar-refractivity contribution in [1.82, 2.24) is 0 Å². The molecule has 2 N–H and O–H groups in total. The lowest BCUT2D eigenvalue weighted by atomic mass is 9.77. The second-order valence-electron chi connectivity index (χ2n) is 6.50. The Labute approximate surface area is 134 Å². The molecule has 0 amide bonds. The van der Waals surface area contributed by atoms with Crippen molar-refractivity contribution in [2.75, 3.05) is 6.61 Å². The average Bonchev–Trinajstić information content (AvgIpc) is 2.64. The smallest absolute Gasteiger partial charge is 0.478 e. The van der Waals surface area contributed by atoms with E-state index in [1.165, 1.54) is 12.1 Å². The van der Waals surface area contributed by atoms with Crippen LogP contribution in [0.5, 0.6) is 0 Å². The van der Waals surface area contributed by atoms with Crippen LogP contribution >= 0.6 is 0 Å². The molecule has 1 aromatic carbocycles. The Balaban J connectivity index is 2.41. The molecule has 0 bridgehead atoms.